The van der Waals surface area contributed by atoms with Crippen molar-refractivity contribution in [2.24, 2.45) is 0 Å². The SMILES string of the molecule is CCOc1cc(C(=O)Nc2c(C)cccc2C(C)C)c([N+](=O)[O-])cc1OC. The largest absolute Gasteiger partial charge is 0.493 e. The molecule has 0 aliphatic carbocycles. The second-order valence-corrected chi connectivity index (χ2v) is 6.36. The minimum absolute atomic E-state index is 0.0813. The Morgan fingerprint density at radius 1 is 1.26 bits per heavy atom. The van der Waals surface area contributed by atoms with E-state index in [2.05, 4.69) is 5.32 Å². The van der Waals surface area contributed by atoms with Gasteiger partial charge in [0.25, 0.3) is 11.6 Å². The van der Waals surface area contributed by atoms with Crippen molar-refractivity contribution in [3.63, 3.8) is 0 Å². The molecule has 0 fully saturated rings. The van der Waals surface area contributed by atoms with Gasteiger partial charge in [-0.2, -0.15) is 0 Å². The van der Waals surface area contributed by atoms with Crippen LogP contribution in [-0.4, -0.2) is 24.5 Å². The van der Waals surface area contributed by atoms with Crippen LogP contribution in [0.2, 0.25) is 0 Å². The zero-order chi connectivity index (χ0) is 20.1. The third-order valence-corrected chi connectivity index (χ3v) is 4.19. The van der Waals surface area contributed by atoms with Gasteiger partial charge in [-0.3, -0.25) is 14.9 Å². The number of carbonyl (C=O) groups excluding carboxylic acids is 1. The molecule has 7 nitrogen and oxygen atoms in total. The molecule has 0 saturated carbocycles. The fraction of sp³-hybridized carbons (Fsp3) is 0.350. The summed E-state index contributed by atoms with van der Waals surface area (Å²) in [5.41, 5.74) is 2.09. The number of hydrogen-bond acceptors (Lipinski definition) is 5. The molecule has 0 radical (unpaired) electrons. The Hall–Kier alpha value is -3.09. The number of benzene rings is 2. The molecule has 0 aliphatic heterocycles. The lowest BCUT2D eigenvalue weighted by atomic mass is 9.98. The fourth-order valence-corrected chi connectivity index (χ4v) is 2.83. The highest BCUT2D eigenvalue weighted by Gasteiger charge is 2.25. The van der Waals surface area contributed by atoms with E-state index in [-0.39, 0.29) is 28.7 Å². The van der Waals surface area contributed by atoms with Gasteiger partial charge in [-0.05, 0) is 30.9 Å². The van der Waals surface area contributed by atoms with Crippen LogP contribution >= 0.6 is 0 Å². The van der Waals surface area contributed by atoms with E-state index in [4.69, 9.17) is 9.47 Å². The average molecular weight is 372 g/mol. The maximum Gasteiger partial charge on any atom is 0.286 e. The molecule has 0 saturated heterocycles. The summed E-state index contributed by atoms with van der Waals surface area (Å²) in [5, 5.41) is 14.3. The van der Waals surface area contributed by atoms with E-state index in [0.717, 1.165) is 11.1 Å². The molecule has 1 N–H and O–H groups in total. The van der Waals surface area contributed by atoms with Gasteiger partial charge in [0, 0.05) is 11.8 Å². The van der Waals surface area contributed by atoms with Crippen molar-refractivity contribution in [1.82, 2.24) is 0 Å². The van der Waals surface area contributed by atoms with Crippen LogP contribution in [0.25, 0.3) is 0 Å². The van der Waals surface area contributed by atoms with Crippen molar-refractivity contribution >= 4 is 17.3 Å². The van der Waals surface area contributed by atoms with Gasteiger partial charge in [-0.15, -0.1) is 0 Å². The molecule has 2 aromatic carbocycles. The third kappa shape index (κ3) is 4.36. The zero-order valence-electron chi connectivity index (χ0n) is 16.2. The Labute approximate surface area is 158 Å². The van der Waals surface area contributed by atoms with Crippen LogP contribution in [0, 0.1) is 17.0 Å². The number of rotatable bonds is 7. The number of hydrogen-bond donors (Lipinski definition) is 1. The molecular formula is C20H24N2O5. The quantitative estimate of drug-likeness (QED) is 0.562. The number of anilines is 1. The Balaban J connectivity index is 2.53. The Morgan fingerprint density at radius 3 is 2.52 bits per heavy atom. The maximum absolute atomic E-state index is 12.9. The standard InChI is InChI=1S/C20H24N2O5/c1-6-27-18-10-15(16(22(24)25)11-17(18)26-5)20(23)21-19-13(4)8-7-9-14(19)12(2)3/h7-12H,6H2,1-5H3,(H,21,23). The van der Waals surface area contributed by atoms with Gasteiger partial charge < -0.3 is 14.8 Å². The molecule has 144 valence electrons. The van der Waals surface area contributed by atoms with E-state index in [9.17, 15) is 14.9 Å². The topological polar surface area (TPSA) is 90.7 Å². The van der Waals surface area contributed by atoms with E-state index in [1.807, 2.05) is 39.0 Å². The molecule has 0 atom stereocenters. The van der Waals surface area contributed by atoms with Gasteiger partial charge in [0.05, 0.1) is 24.7 Å². The summed E-state index contributed by atoms with van der Waals surface area (Å²) in [4.78, 5) is 23.8. The summed E-state index contributed by atoms with van der Waals surface area (Å²) >= 11 is 0. The summed E-state index contributed by atoms with van der Waals surface area (Å²) in [7, 11) is 1.39. The molecule has 1 amide bonds. The highest BCUT2D eigenvalue weighted by molar-refractivity contribution is 6.08. The molecule has 2 rings (SSSR count). The van der Waals surface area contributed by atoms with Crippen LogP contribution in [0.5, 0.6) is 11.5 Å². The fourth-order valence-electron chi connectivity index (χ4n) is 2.83. The number of aryl methyl sites for hydroxylation is 1. The summed E-state index contributed by atoms with van der Waals surface area (Å²) in [6, 6.07) is 8.30. The predicted octanol–water partition coefficient (Wildman–Crippen LogP) is 4.69. The lowest BCUT2D eigenvalue weighted by molar-refractivity contribution is -0.385. The summed E-state index contributed by atoms with van der Waals surface area (Å²) in [5.74, 6) is 0.107. The van der Waals surface area contributed by atoms with Crippen LogP contribution in [0.3, 0.4) is 0 Å². The minimum atomic E-state index is -0.603. The third-order valence-electron chi connectivity index (χ3n) is 4.19. The molecule has 0 aliphatic rings. The smallest absolute Gasteiger partial charge is 0.286 e. The first-order chi connectivity index (χ1) is 12.8. The molecule has 0 unspecified atom stereocenters. The number of nitrogens with one attached hydrogen (secondary N) is 1. The normalized spacial score (nSPS) is 10.6. The van der Waals surface area contributed by atoms with Crippen LogP contribution in [0.4, 0.5) is 11.4 Å². The van der Waals surface area contributed by atoms with Gasteiger partial charge >= 0.3 is 0 Å². The number of ether oxygens (including phenoxy) is 2. The van der Waals surface area contributed by atoms with Crippen LogP contribution < -0.4 is 14.8 Å². The lowest BCUT2D eigenvalue weighted by Crippen LogP contribution is -2.17. The first kappa shape index (κ1) is 20.2. The number of nitro benzene ring substituents is 1. The highest BCUT2D eigenvalue weighted by Crippen LogP contribution is 2.36. The summed E-state index contributed by atoms with van der Waals surface area (Å²) in [6.07, 6.45) is 0. The predicted molar refractivity (Wildman–Crippen MR) is 104 cm³/mol. The Morgan fingerprint density at radius 2 is 1.96 bits per heavy atom. The van der Waals surface area contributed by atoms with Gasteiger partial charge in [-0.25, -0.2) is 0 Å². The van der Waals surface area contributed by atoms with Crippen LogP contribution in [0.1, 0.15) is 48.2 Å². The first-order valence-corrected chi connectivity index (χ1v) is 8.70. The summed E-state index contributed by atoms with van der Waals surface area (Å²) in [6.45, 7) is 8.05. The number of nitrogens with zero attached hydrogens (tertiary/aromatic N) is 1. The van der Waals surface area contributed by atoms with E-state index >= 15 is 0 Å². The second kappa shape index (κ2) is 8.53. The summed E-state index contributed by atoms with van der Waals surface area (Å²) < 4.78 is 10.6. The van der Waals surface area contributed by atoms with Crippen molar-refractivity contribution in [3.05, 3.63) is 57.1 Å². The molecule has 27 heavy (non-hydrogen) atoms. The van der Waals surface area contributed by atoms with E-state index < -0.39 is 10.8 Å². The monoisotopic (exact) mass is 372 g/mol. The average Bonchev–Trinajstić information content (AvgIpc) is 2.62. The van der Waals surface area contributed by atoms with Gasteiger partial charge in [0.15, 0.2) is 11.5 Å². The molecule has 7 heteroatoms. The number of para-hydroxylation sites is 1. The van der Waals surface area contributed by atoms with Crippen LogP contribution in [0.15, 0.2) is 30.3 Å². The number of amides is 1. The molecular weight excluding hydrogens is 348 g/mol. The molecule has 0 aromatic heterocycles. The van der Waals surface area contributed by atoms with Crippen molar-refractivity contribution < 1.29 is 19.2 Å². The van der Waals surface area contributed by atoms with Gasteiger partial charge in [-0.1, -0.05) is 32.0 Å². The van der Waals surface area contributed by atoms with Crippen molar-refractivity contribution in [1.29, 1.82) is 0 Å². The van der Waals surface area contributed by atoms with E-state index in [1.165, 1.54) is 19.2 Å². The Bertz CT molecular complexity index is 862. The number of methoxy groups -OCH3 is 1. The molecule has 0 bridgehead atoms. The number of carbonyl (C=O) groups is 1. The van der Waals surface area contributed by atoms with E-state index in [1.54, 1.807) is 6.92 Å². The first-order valence-electron chi connectivity index (χ1n) is 8.70. The van der Waals surface area contributed by atoms with Crippen molar-refractivity contribution in [2.45, 2.75) is 33.6 Å². The molecule has 0 heterocycles. The minimum Gasteiger partial charge on any atom is -0.493 e. The highest BCUT2D eigenvalue weighted by atomic mass is 16.6. The molecule has 2 aromatic rings. The number of nitro groups is 1. The van der Waals surface area contributed by atoms with Crippen molar-refractivity contribution in [3.8, 4) is 11.5 Å². The zero-order valence-corrected chi connectivity index (χ0v) is 16.2. The van der Waals surface area contributed by atoms with Gasteiger partial charge in [0.1, 0.15) is 5.56 Å². The lowest BCUT2D eigenvalue weighted by Gasteiger charge is -2.17. The van der Waals surface area contributed by atoms with Gasteiger partial charge in [0.2, 0.25) is 0 Å². The second-order valence-electron chi connectivity index (χ2n) is 6.36. The van der Waals surface area contributed by atoms with Crippen molar-refractivity contribution in [2.75, 3.05) is 19.0 Å². The van der Waals surface area contributed by atoms with E-state index in [0.29, 0.717) is 12.3 Å². The van der Waals surface area contributed by atoms with Crippen LogP contribution in [-0.2, 0) is 0 Å². The Kier molecular flexibility index (Phi) is 6.39. The maximum atomic E-state index is 12.9. The molecule has 0 spiro atoms.